The van der Waals surface area contributed by atoms with Gasteiger partial charge in [-0.2, -0.15) is 0 Å². The molecule has 0 saturated carbocycles. The summed E-state index contributed by atoms with van der Waals surface area (Å²) in [5.74, 6) is 0.0437. The van der Waals surface area contributed by atoms with E-state index in [1.54, 1.807) is 0 Å². The van der Waals surface area contributed by atoms with Crippen LogP contribution < -0.4 is 5.73 Å². The summed E-state index contributed by atoms with van der Waals surface area (Å²) in [4.78, 5) is 4.25. The van der Waals surface area contributed by atoms with Crippen LogP contribution in [0.3, 0.4) is 0 Å². The first-order valence-electron chi connectivity index (χ1n) is 4.30. The van der Waals surface area contributed by atoms with Crippen molar-refractivity contribution in [3.8, 4) is 11.3 Å². The minimum Gasteiger partial charge on any atom is -0.409 e. The molecule has 0 saturated heterocycles. The summed E-state index contributed by atoms with van der Waals surface area (Å²) in [5, 5.41) is 13.8. The molecule has 0 bridgehead atoms. The van der Waals surface area contributed by atoms with E-state index in [1.165, 1.54) is 11.3 Å². The van der Waals surface area contributed by atoms with E-state index in [2.05, 4.69) is 10.1 Å². The summed E-state index contributed by atoms with van der Waals surface area (Å²) in [6, 6.07) is 9.76. The summed E-state index contributed by atoms with van der Waals surface area (Å²) >= 11 is 1.35. The normalized spacial score (nSPS) is 11.6. The van der Waals surface area contributed by atoms with E-state index in [4.69, 9.17) is 10.9 Å². The standard InChI is InChI=1S/C10H9N3OS/c11-9(13-14)10-12-8(6-15-10)7-4-2-1-3-5-7/h1-6,14H,(H2,11,13). The van der Waals surface area contributed by atoms with E-state index in [0.29, 0.717) is 5.01 Å². The minimum absolute atomic E-state index is 0.0437. The lowest BCUT2D eigenvalue weighted by molar-refractivity contribution is 0.318. The number of amidine groups is 1. The van der Waals surface area contributed by atoms with Crippen molar-refractivity contribution in [3.05, 3.63) is 40.7 Å². The van der Waals surface area contributed by atoms with Gasteiger partial charge in [-0.1, -0.05) is 35.5 Å². The molecule has 1 aromatic carbocycles. The Balaban J connectivity index is 2.36. The summed E-state index contributed by atoms with van der Waals surface area (Å²) in [5.41, 5.74) is 7.29. The smallest absolute Gasteiger partial charge is 0.199 e. The maximum atomic E-state index is 8.50. The van der Waals surface area contributed by atoms with Gasteiger partial charge in [0.1, 0.15) is 0 Å². The number of rotatable bonds is 2. The summed E-state index contributed by atoms with van der Waals surface area (Å²) in [6.45, 7) is 0. The Morgan fingerprint density at radius 2 is 2.07 bits per heavy atom. The molecule has 15 heavy (non-hydrogen) atoms. The second-order valence-corrected chi connectivity index (χ2v) is 3.75. The average Bonchev–Trinajstić information content (AvgIpc) is 2.78. The first-order valence-corrected chi connectivity index (χ1v) is 5.18. The number of thiazole rings is 1. The van der Waals surface area contributed by atoms with Crippen LogP contribution in [-0.2, 0) is 0 Å². The van der Waals surface area contributed by atoms with Crippen LogP contribution in [0.15, 0.2) is 40.9 Å². The monoisotopic (exact) mass is 219 g/mol. The maximum Gasteiger partial charge on any atom is 0.199 e. The largest absolute Gasteiger partial charge is 0.409 e. The van der Waals surface area contributed by atoms with Crippen LogP contribution in [0.25, 0.3) is 11.3 Å². The van der Waals surface area contributed by atoms with Gasteiger partial charge in [0, 0.05) is 10.9 Å². The van der Waals surface area contributed by atoms with Gasteiger partial charge in [-0.15, -0.1) is 11.3 Å². The Hall–Kier alpha value is -1.88. The molecule has 0 amide bonds. The Morgan fingerprint density at radius 1 is 1.33 bits per heavy atom. The van der Waals surface area contributed by atoms with Gasteiger partial charge in [0.25, 0.3) is 0 Å². The second kappa shape index (κ2) is 4.10. The zero-order chi connectivity index (χ0) is 10.7. The van der Waals surface area contributed by atoms with Gasteiger partial charge >= 0.3 is 0 Å². The van der Waals surface area contributed by atoms with Crippen LogP contribution in [0.2, 0.25) is 0 Å². The van der Waals surface area contributed by atoms with Crippen LogP contribution in [-0.4, -0.2) is 16.0 Å². The molecule has 1 heterocycles. The molecule has 76 valence electrons. The average molecular weight is 219 g/mol. The van der Waals surface area contributed by atoms with Crippen molar-refractivity contribution >= 4 is 17.2 Å². The van der Waals surface area contributed by atoms with Gasteiger partial charge in [0.15, 0.2) is 10.8 Å². The number of aromatic nitrogens is 1. The minimum atomic E-state index is 0.0437. The van der Waals surface area contributed by atoms with Gasteiger partial charge in [-0.05, 0) is 0 Å². The van der Waals surface area contributed by atoms with Crippen LogP contribution in [0.5, 0.6) is 0 Å². The van der Waals surface area contributed by atoms with Gasteiger partial charge in [0.2, 0.25) is 0 Å². The van der Waals surface area contributed by atoms with E-state index in [9.17, 15) is 0 Å². The van der Waals surface area contributed by atoms with Crippen molar-refractivity contribution in [1.29, 1.82) is 0 Å². The van der Waals surface area contributed by atoms with Crippen LogP contribution in [0.1, 0.15) is 5.01 Å². The zero-order valence-corrected chi connectivity index (χ0v) is 8.61. The topological polar surface area (TPSA) is 71.5 Å². The Kier molecular flexibility index (Phi) is 2.64. The lowest BCUT2D eigenvalue weighted by atomic mass is 10.2. The van der Waals surface area contributed by atoms with E-state index >= 15 is 0 Å². The third-order valence-electron chi connectivity index (χ3n) is 1.90. The van der Waals surface area contributed by atoms with Crippen LogP contribution >= 0.6 is 11.3 Å². The molecule has 3 N–H and O–H groups in total. The SMILES string of the molecule is NC(=NO)c1nc(-c2ccccc2)cs1. The first kappa shape index (κ1) is 9.67. The van der Waals surface area contributed by atoms with E-state index in [-0.39, 0.29) is 5.84 Å². The molecule has 0 aliphatic carbocycles. The van der Waals surface area contributed by atoms with Gasteiger partial charge in [0.05, 0.1) is 5.69 Å². The maximum absolute atomic E-state index is 8.50. The molecular weight excluding hydrogens is 210 g/mol. The van der Waals surface area contributed by atoms with Crippen molar-refractivity contribution < 1.29 is 5.21 Å². The molecule has 2 rings (SSSR count). The fourth-order valence-electron chi connectivity index (χ4n) is 1.18. The van der Waals surface area contributed by atoms with Crippen molar-refractivity contribution in [3.63, 3.8) is 0 Å². The molecule has 0 aliphatic heterocycles. The van der Waals surface area contributed by atoms with Crippen molar-refractivity contribution in [1.82, 2.24) is 4.98 Å². The highest BCUT2D eigenvalue weighted by Crippen LogP contribution is 2.21. The highest BCUT2D eigenvalue weighted by molar-refractivity contribution is 7.12. The molecule has 0 unspecified atom stereocenters. The lowest BCUT2D eigenvalue weighted by Gasteiger charge is -1.94. The van der Waals surface area contributed by atoms with E-state index < -0.39 is 0 Å². The quantitative estimate of drug-likeness (QED) is 0.351. The fraction of sp³-hybridized carbons (Fsp3) is 0. The number of nitrogens with zero attached hydrogens (tertiary/aromatic N) is 2. The molecule has 5 heteroatoms. The fourth-order valence-corrected chi connectivity index (χ4v) is 1.90. The molecule has 4 nitrogen and oxygen atoms in total. The molecule has 0 radical (unpaired) electrons. The summed E-state index contributed by atoms with van der Waals surface area (Å²) in [7, 11) is 0. The van der Waals surface area contributed by atoms with Crippen molar-refractivity contribution in [2.24, 2.45) is 10.9 Å². The highest BCUT2D eigenvalue weighted by Gasteiger charge is 2.07. The Morgan fingerprint density at radius 3 is 2.73 bits per heavy atom. The predicted molar refractivity (Wildman–Crippen MR) is 60.1 cm³/mol. The van der Waals surface area contributed by atoms with Gasteiger partial charge in [-0.3, -0.25) is 0 Å². The second-order valence-electron chi connectivity index (χ2n) is 2.89. The predicted octanol–water partition coefficient (Wildman–Crippen LogP) is 1.90. The number of benzene rings is 1. The third kappa shape index (κ3) is 1.97. The zero-order valence-electron chi connectivity index (χ0n) is 7.79. The molecule has 0 aliphatic rings. The van der Waals surface area contributed by atoms with Gasteiger partial charge in [-0.25, -0.2) is 4.98 Å². The Labute approximate surface area is 90.7 Å². The number of oxime groups is 1. The van der Waals surface area contributed by atoms with Gasteiger partial charge < -0.3 is 10.9 Å². The van der Waals surface area contributed by atoms with E-state index in [1.807, 2.05) is 35.7 Å². The molecular formula is C10H9N3OS. The summed E-state index contributed by atoms with van der Waals surface area (Å²) in [6.07, 6.45) is 0. The lowest BCUT2D eigenvalue weighted by Crippen LogP contribution is -2.12. The van der Waals surface area contributed by atoms with Crippen LogP contribution in [0, 0.1) is 0 Å². The molecule has 0 atom stereocenters. The highest BCUT2D eigenvalue weighted by atomic mass is 32.1. The summed E-state index contributed by atoms with van der Waals surface area (Å²) < 4.78 is 0. The number of nitrogens with two attached hydrogens (primary N) is 1. The number of hydrogen-bond donors (Lipinski definition) is 2. The molecule has 0 fully saturated rings. The van der Waals surface area contributed by atoms with Crippen molar-refractivity contribution in [2.45, 2.75) is 0 Å². The van der Waals surface area contributed by atoms with Crippen molar-refractivity contribution in [2.75, 3.05) is 0 Å². The molecule has 1 aromatic heterocycles. The van der Waals surface area contributed by atoms with Crippen LogP contribution in [0.4, 0.5) is 0 Å². The third-order valence-corrected chi connectivity index (χ3v) is 2.77. The first-order chi connectivity index (χ1) is 7.31. The molecule has 2 aromatic rings. The number of hydrogen-bond acceptors (Lipinski definition) is 4. The molecule has 0 spiro atoms. The Bertz CT molecular complexity index is 478. The van der Waals surface area contributed by atoms with E-state index in [0.717, 1.165) is 11.3 Å².